The van der Waals surface area contributed by atoms with Gasteiger partial charge in [-0.15, -0.1) is 0 Å². The van der Waals surface area contributed by atoms with Gasteiger partial charge in [0.2, 0.25) is 0 Å². The van der Waals surface area contributed by atoms with Crippen LogP contribution < -0.4 is 0 Å². The lowest BCUT2D eigenvalue weighted by atomic mass is 10.0. The first-order valence-electron chi connectivity index (χ1n) is 7.83. The van der Waals surface area contributed by atoms with Gasteiger partial charge < -0.3 is 10.1 Å². The topological polar surface area (TPSA) is 61.3 Å². The van der Waals surface area contributed by atoms with Crippen molar-refractivity contribution in [1.82, 2.24) is 9.97 Å². The second-order valence-corrected chi connectivity index (χ2v) is 6.21. The maximum absolute atomic E-state index is 13.3. The van der Waals surface area contributed by atoms with Gasteiger partial charge in [-0.2, -0.15) is 0 Å². The minimum absolute atomic E-state index is 0.0318. The number of aliphatic imine (C=N–C) groups is 1. The Bertz CT molecular complexity index is 876. The zero-order valence-electron chi connectivity index (χ0n) is 13.6. The highest BCUT2D eigenvalue weighted by Crippen LogP contribution is 2.26. The van der Waals surface area contributed by atoms with Crippen LogP contribution in [0, 0.1) is 5.82 Å². The molecular formula is C19H17ClFN3O. The van der Waals surface area contributed by atoms with E-state index in [0.717, 1.165) is 11.3 Å². The average Bonchev–Trinajstić information content (AvgIpc) is 3.07. The van der Waals surface area contributed by atoms with Gasteiger partial charge in [0.15, 0.2) is 0 Å². The molecule has 3 rings (SSSR count). The van der Waals surface area contributed by atoms with E-state index in [1.54, 1.807) is 36.8 Å². The van der Waals surface area contributed by atoms with Gasteiger partial charge in [-0.3, -0.25) is 4.99 Å². The molecule has 0 radical (unpaired) electrons. The lowest BCUT2D eigenvalue weighted by Gasteiger charge is -2.13. The molecule has 0 aliphatic rings. The maximum Gasteiger partial charge on any atom is 0.126 e. The van der Waals surface area contributed by atoms with Crippen molar-refractivity contribution in [3.05, 3.63) is 82.6 Å². The molecule has 2 aromatic carbocycles. The molecule has 0 fully saturated rings. The standard InChI is InChI=1S/C19H17ClFN3O/c1-12(8-16-10-22-11-23-16)24-19(13-2-5-15(21)6-3-13)17-7-4-14(20)9-18(17)25/h2-7,9-12,25H,8H2,1H3,(H,22,23)/t12-/m1/s1. The van der Waals surface area contributed by atoms with Crippen LogP contribution in [0.1, 0.15) is 23.7 Å². The molecule has 0 spiro atoms. The fourth-order valence-corrected chi connectivity index (χ4v) is 2.76. The summed E-state index contributed by atoms with van der Waals surface area (Å²) in [7, 11) is 0. The fraction of sp³-hybridized carbons (Fsp3) is 0.158. The van der Waals surface area contributed by atoms with Crippen molar-refractivity contribution < 1.29 is 9.50 Å². The molecule has 0 saturated carbocycles. The molecule has 0 bridgehead atoms. The number of imidazole rings is 1. The molecule has 0 aliphatic heterocycles. The number of aromatic amines is 1. The van der Waals surface area contributed by atoms with Crippen molar-refractivity contribution in [2.24, 2.45) is 4.99 Å². The molecule has 1 atom stereocenters. The third-order valence-electron chi connectivity index (χ3n) is 3.75. The molecule has 25 heavy (non-hydrogen) atoms. The van der Waals surface area contributed by atoms with Crippen molar-refractivity contribution in [3.8, 4) is 5.75 Å². The van der Waals surface area contributed by atoms with Crippen LogP contribution in [0.4, 0.5) is 4.39 Å². The molecule has 0 amide bonds. The quantitative estimate of drug-likeness (QED) is 0.666. The van der Waals surface area contributed by atoms with Crippen molar-refractivity contribution >= 4 is 17.3 Å². The van der Waals surface area contributed by atoms with E-state index in [9.17, 15) is 9.50 Å². The molecular weight excluding hydrogens is 341 g/mol. The Hall–Kier alpha value is -2.66. The molecule has 128 valence electrons. The van der Waals surface area contributed by atoms with Gasteiger partial charge in [0.25, 0.3) is 0 Å². The molecule has 2 N–H and O–H groups in total. The first-order chi connectivity index (χ1) is 12.0. The largest absolute Gasteiger partial charge is 0.507 e. The van der Waals surface area contributed by atoms with Crippen LogP contribution in [-0.2, 0) is 6.42 Å². The molecule has 6 heteroatoms. The zero-order valence-corrected chi connectivity index (χ0v) is 14.3. The van der Waals surface area contributed by atoms with E-state index in [1.807, 2.05) is 6.92 Å². The second kappa shape index (κ2) is 7.49. The summed E-state index contributed by atoms with van der Waals surface area (Å²) < 4.78 is 13.3. The molecule has 0 saturated heterocycles. The number of halogens is 2. The van der Waals surface area contributed by atoms with Gasteiger partial charge in [-0.05, 0) is 49.4 Å². The summed E-state index contributed by atoms with van der Waals surface area (Å²) in [4.78, 5) is 11.8. The van der Waals surface area contributed by atoms with E-state index in [0.29, 0.717) is 22.7 Å². The predicted molar refractivity (Wildman–Crippen MR) is 96.9 cm³/mol. The highest BCUT2D eigenvalue weighted by Gasteiger charge is 2.14. The smallest absolute Gasteiger partial charge is 0.126 e. The van der Waals surface area contributed by atoms with E-state index >= 15 is 0 Å². The predicted octanol–water partition coefficient (Wildman–Crippen LogP) is 4.38. The number of aromatic nitrogens is 2. The summed E-state index contributed by atoms with van der Waals surface area (Å²) >= 11 is 5.93. The molecule has 1 heterocycles. The van der Waals surface area contributed by atoms with Crippen molar-refractivity contribution in [1.29, 1.82) is 0 Å². The van der Waals surface area contributed by atoms with E-state index in [1.165, 1.54) is 18.2 Å². The molecule has 4 nitrogen and oxygen atoms in total. The Balaban J connectivity index is 2.01. The Labute approximate surface area is 150 Å². The van der Waals surface area contributed by atoms with Gasteiger partial charge in [-0.1, -0.05) is 11.6 Å². The van der Waals surface area contributed by atoms with E-state index in [4.69, 9.17) is 16.6 Å². The zero-order chi connectivity index (χ0) is 17.8. The van der Waals surface area contributed by atoms with Gasteiger partial charge in [0.05, 0.1) is 18.1 Å². The number of phenolic OH excluding ortho intramolecular Hbond substituents is 1. The number of benzene rings is 2. The van der Waals surface area contributed by atoms with Crippen LogP contribution in [0.2, 0.25) is 5.02 Å². The Kier molecular flexibility index (Phi) is 5.14. The minimum atomic E-state index is -0.325. The molecule has 0 unspecified atom stereocenters. The summed E-state index contributed by atoms with van der Waals surface area (Å²) in [6.07, 6.45) is 4.04. The summed E-state index contributed by atoms with van der Waals surface area (Å²) in [6, 6.07) is 10.8. The lowest BCUT2D eigenvalue weighted by molar-refractivity contribution is 0.474. The molecule has 3 aromatic rings. The van der Waals surface area contributed by atoms with E-state index in [-0.39, 0.29) is 17.6 Å². The fourth-order valence-electron chi connectivity index (χ4n) is 2.59. The number of H-pyrrole nitrogens is 1. The van der Waals surface area contributed by atoms with Crippen molar-refractivity contribution in [2.75, 3.05) is 0 Å². The normalized spacial score (nSPS) is 13.0. The van der Waals surface area contributed by atoms with E-state index in [2.05, 4.69) is 9.97 Å². The second-order valence-electron chi connectivity index (χ2n) is 5.78. The Morgan fingerprint density at radius 3 is 2.68 bits per heavy atom. The molecule has 1 aromatic heterocycles. The van der Waals surface area contributed by atoms with Crippen LogP contribution >= 0.6 is 11.6 Å². The Morgan fingerprint density at radius 1 is 1.28 bits per heavy atom. The van der Waals surface area contributed by atoms with Crippen molar-refractivity contribution in [3.63, 3.8) is 0 Å². The van der Waals surface area contributed by atoms with Crippen LogP contribution in [0.25, 0.3) is 0 Å². The summed E-state index contributed by atoms with van der Waals surface area (Å²) in [6.45, 7) is 1.97. The van der Waals surface area contributed by atoms with Gasteiger partial charge in [0, 0.05) is 34.5 Å². The number of nitrogens with zero attached hydrogens (tertiary/aromatic N) is 2. The third-order valence-corrected chi connectivity index (χ3v) is 3.99. The summed E-state index contributed by atoms with van der Waals surface area (Å²) in [5, 5.41) is 10.7. The van der Waals surface area contributed by atoms with Gasteiger partial charge in [0.1, 0.15) is 11.6 Å². The highest BCUT2D eigenvalue weighted by molar-refractivity contribution is 6.31. The van der Waals surface area contributed by atoms with Gasteiger partial charge >= 0.3 is 0 Å². The maximum atomic E-state index is 13.3. The number of hydrogen-bond acceptors (Lipinski definition) is 3. The first-order valence-corrected chi connectivity index (χ1v) is 8.20. The van der Waals surface area contributed by atoms with E-state index < -0.39 is 0 Å². The minimum Gasteiger partial charge on any atom is -0.507 e. The first kappa shape index (κ1) is 17.2. The van der Waals surface area contributed by atoms with Crippen LogP contribution in [-0.4, -0.2) is 26.8 Å². The summed E-state index contributed by atoms with van der Waals surface area (Å²) in [5.41, 5.74) is 2.82. The van der Waals surface area contributed by atoms with Crippen LogP contribution in [0.3, 0.4) is 0 Å². The molecule has 0 aliphatic carbocycles. The number of nitrogens with one attached hydrogen (secondary N) is 1. The van der Waals surface area contributed by atoms with Crippen molar-refractivity contribution in [2.45, 2.75) is 19.4 Å². The van der Waals surface area contributed by atoms with Gasteiger partial charge in [-0.25, -0.2) is 9.37 Å². The monoisotopic (exact) mass is 357 g/mol. The average molecular weight is 358 g/mol. The highest BCUT2D eigenvalue weighted by atomic mass is 35.5. The summed E-state index contributed by atoms with van der Waals surface area (Å²) in [5.74, 6) is -0.293. The third kappa shape index (κ3) is 4.25. The number of hydrogen-bond donors (Lipinski definition) is 2. The SMILES string of the molecule is C[C@H](Cc1cnc[nH]1)N=C(c1ccc(F)cc1)c1ccc(Cl)cc1O. The Morgan fingerprint density at radius 2 is 2.04 bits per heavy atom. The number of rotatable bonds is 5. The number of phenols is 1. The lowest BCUT2D eigenvalue weighted by Crippen LogP contribution is -2.11. The number of aromatic hydroxyl groups is 1. The van der Waals surface area contributed by atoms with Crippen LogP contribution in [0.15, 0.2) is 60.0 Å². The van der Waals surface area contributed by atoms with Crippen LogP contribution in [0.5, 0.6) is 5.75 Å².